The number of fused-ring (bicyclic) bond motifs is 9. The van der Waals surface area contributed by atoms with Gasteiger partial charge in [-0.3, -0.25) is 14.5 Å². The van der Waals surface area contributed by atoms with Crippen molar-refractivity contribution in [2.24, 2.45) is 29.6 Å². The molecule has 172 valence electrons. The Morgan fingerprint density at radius 1 is 0.912 bits per heavy atom. The molecule has 7 atom stereocenters. The number of imide groups is 1. The quantitative estimate of drug-likeness (QED) is 0.350. The summed E-state index contributed by atoms with van der Waals surface area (Å²) in [5.74, 6) is -1.49. The Labute approximate surface area is 207 Å². The fourth-order valence-corrected chi connectivity index (χ4v) is 10.2. The van der Waals surface area contributed by atoms with Crippen molar-refractivity contribution in [1.29, 1.82) is 0 Å². The van der Waals surface area contributed by atoms with E-state index in [9.17, 15) is 18.4 Å². The fraction of sp³-hybridized carbons (Fsp3) is 0.320. The Kier molecular flexibility index (Phi) is 4.51. The standard InChI is InChI=1S/C25H18F2N2O2S3/c26-11-3-1-10(2-4-11)16-17-14-9-15(20(17)33-22-21(16)34-25(32)28-22)19-18(14)23(30)29(24(19)31)13-7-5-12(27)6-8-13/h1-8,14-20H,9H2,(H,28,32). The molecule has 3 heterocycles. The predicted molar refractivity (Wildman–Crippen MR) is 128 cm³/mol. The van der Waals surface area contributed by atoms with Crippen molar-refractivity contribution in [2.45, 2.75) is 22.6 Å². The van der Waals surface area contributed by atoms with E-state index in [1.807, 2.05) is 12.1 Å². The molecule has 0 radical (unpaired) electrons. The molecule has 1 aromatic heterocycles. The molecule has 0 spiro atoms. The van der Waals surface area contributed by atoms with E-state index in [1.54, 1.807) is 23.1 Å². The largest absolute Gasteiger partial charge is 0.332 e. The molecule has 1 saturated heterocycles. The third-order valence-electron chi connectivity index (χ3n) is 8.04. The zero-order valence-electron chi connectivity index (χ0n) is 17.6. The first-order valence-corrected chi connectivity index (χ1v) is 13.3. The zero-order chi connectivity index (χ0) is 23.3. The van der Waals surface area contributed by atoms with Gasteiger partial charge in [-0.2, -0.15) is 0 Å². The van der Waals surface area contributed by atoms with Gasteiger partial charge in [0, 0.05) is 16.0 Å². The van der Waals surface area contributed by atoms with Crippen LogP contribution in [0.2, 0.25) is 0 Å². The maximum Gasteiger partial charge on any atom is 0.238 e. The molecule has 2 saturated carbocycles. The number of aromatic amines is 1. The molecule has 2 aromatic carbocycles. The van der Waals surface area contributed by atoms with Gasteiger partial charge in [-0.15, -0.1) is 23.1 Å². The maximum absolute atomic E-state index is 13.7. The van der Waals surface area contributed by atoms with Gasteiger partial charge in [-0.05, 0) is 78.4 Å². The van der Waals surface area contributed by atoms with Gasteiger partial charge in [0.15, 0.2) is 3.95 Å². The Balaban J connectivity index is 1.32. The van der Waals surface area contributed by atoms with E-state index in [4.69, 9.17) is 12.2 Å². The molecule has 34 heavy (non-hydrogen) atoms. The van der Waals surface area contributed by atoms with E-state index in [0.29, 0.717) is 9.64 Å². The number of carbonyl (C=O) groups excluding carboxylic acids is 2. The van der Waals surface area contributed by atoms with Crippen LogP contribution >= 0.6 is 35.3 Å². The van der Waals surface area contributed by atoms with Crippen LogP contribution in [0.4, 0.5) is 14.5 Å². The van der Waals surface area contributed by atoms with Crippen LogP contribution in [0.3, 0.4) is 0 Å². The van der Waals surface area contributed by atoms with Gasteiger partial charge < -0.3 is 4.98 Å². The number of thioether (sulfide) groups is 1. The van der Waals surface area contributed by atoms with Gasteiger partial charge in [0.05, 0.1) is 22.5 Å². The van der Waals surface area contributed by atoms with Gasteiger partial charge in [0.1, 0.15) is 11.6 Å². The fourth-order valence-electron chi connectivity index (χ4n) is 6.90. The third-order valence-corrected chi connectivity index (χ3v) is 11.0. The summed E-state index contributed by atoms with van der Waals surface area (Å²) >= 11 is 8.75. The minimum atomic E-state index is -0.406. The van der Waals surface area contributed by atoms with Gasteiger partial charge in [-0.1, -0.05) is 12.1 Å². The second kappa shape index (κ2) is 7.32. The van der Waals surface area contributed by atoms with Crippen molar-refractivity contribution in [3.8, 4) is 0 Å². The monoisotopic (exact) mass is 512 g/mol. The first-order valence-electron chi connectivity index (χ1n) is 11.2. The second-order valence-electron chi connectivity index (χ2n) is 9.50. The molecule has 3 aromatic rings. The highest BCUT2D eigenvalue weighted by atomic mass is 32.2. The number of benzene rings is 2. The maximum atomic E-state index is 13.7. The number of H-pyrrole nitrogens is 1. The summed E-state index contributed by atoms with van der Waals surface area (Å²) in [5.41, 5.74) is 1.44. The van der Waals surface area contributed by atoms with Crippen LogP contribution in [0.25, 0.3) is 0 Å². The Morgan fingerprint density at radius 2 is 1.53 bits per heavy atom. The lowest BCUT2D eigenvalue weighted by Crippen LogP contribution is -2.42. The van der Waals surface area contributed by atoms with Crippen LogP contribution in [0.5, 0.6) is 0 Å². The summed E-state index contributed by atoms with van der Waals surface area (Å²) in [6.45, 7) is 0. The van der Waals surface area contributed by atoms with E-state index in [1.165, 1.54) is 41.3 Å². The lowest BCUT2D eigenvalue weighted by atomic mass is 9.68. The number of carbonyl (C=O) groups is 2. The molecule has 2 aliphatic carbocycles. The minimum absolute atomic E-state index is 0.00137. The predicted octanol–water partition coefficient (Wildman–Crippen LogP) is 5.76. The number of thiazole rings is 1. The lowest BCUT2D eigenvalue weighted by Gasteiger charge is -2.43. The summed E-state index contributed by atoms with van der Waals surface area (Å²) in [5, 5.41) is 1.20. The van der Waals surface area contributed by atoms with Crippen molar-refractivity contribution in [1.82, 2.24) is 4.98 Å². The molecule has 2 amide bonds. The van der Waals surface area contributed by atoms with Crippen LogP contribution in [0.15, 0.2) is 53.6 Å². The van der Waals surface area contributed by atoms with E-state index in [2.05, 4.69) is 4.98 Å². The molecule has 1 N–H and O–H groups in total. The van der Waals surface area contributed by atoms with Gasteiger partial charge in [-0.25, -0.2) is 8.78 Å². The lowest BCUT2D eigenvalue weighted by molar-refractivity contribution is -0.123. The zero-order valence-corrected chi connectivity index (χ0v) is 20.1. The van der Waals surface area contributed by atoms with Gasteiger partial charge in [0.25, 0.3) is 0 Å². The molecule has 9 heteroatoms. The summed E-state index contributed by atoms with van der Waals surface area (Å²) in [6, 6.07) is 12.2. The molecule has 4 aliphatic rings. The molecular formula is C25H18F2N2O2S3. The Morgan fingerprint density at radius 3 is 2.21 bits per heavy atom. The number of halogens is 2. The SMILES string of the molecule is O=C1C2C3CC(C2C(=O)N1c1ccc(F)cc1)C1C(c2ccc(F)cc2)c2sc(=S)[nH]c2SC31. The van der Waals surface area contributed by atoms with E-state index >= 15 is 0 Å². The van der Waals surface area contributed by atoms with Gasteiger partial charge >= 0.3 is 0 Å². The average molecular weight is 513 g/mol. The van der Waals surface area contributed by atoms with Crippen molar-refractivity contribution < 1.29 is 18.4 Å². The first-order chi connectivity index (χ1) is 16.4. The number of aromatic nitrogens is 1. The second-order valence-corrected chi connectivity index (χ2v) is 12.4. The number of hydrogen-bond donors (Lipinski definition) is 1. The summed E-state index contributed by atoms with van der Waals surface area (Å²) in [6.07, 6.45) is 0.833. The number of nitrogens with zero attached hydrogens (tertiary/aromatic N) is 1. The molecule has 2 bridgehead atoms. The number of amides is 2. The van der Waals surface area contributed by atoms with Crippen LogP contribution in [-0.2, 0) is 9.59 Å². The highest BCUT2D eigenvalue weighted by molar-refractivity contribution is 8.00. The van der Waals surface area contributed by atoms with Crippen molar-refractivity contribution in [3.05, 3.63) is 74.6 Å². The van der Waals surface area contributed by atoms with Crippen molar-refractivity contribution >= 4 is 52.8 Å². The number of hydrogen-bond acceptors (Lipinski definition) is 5. The smallest absolute Gasteiger partial charge is 0.238 e. The number of rotatable bonds is 2. The normalized spacial score (nSPS) is 33.2. The highest BCUT2D eigenvalue weighted by Crippen LogP contribution is 2.68. The molecular weight excluding hydrogens is 494 g/mol. The summed E-state index contributed by atoms with van der Waals surface area (Å²) in [7, 11) is 0. The molecule has 7 unspecified atom stereocenters. The third kappa shape index (κ3) is 2.77. The van der Waals surface area contributed by atoms with E-state index in [-0.39, 0.29) is 58.4 Å². The first kappa shape index (κ1) is 21.0. The topological polar surface area (TPSA) is 53.2 Å². The summed E-state index contributed by atoms with van der Waals surface area (Å²) in [4.78, 5) is 32.9. The van der Waals surface area contributed by atoms with Crippen molar-refractivity contribution in [2.75, 3.05) is 4.90 Å². The van der Waals surface area contributed by atoms with Crippen LogP contribution < -0.4 is 4.90 Å². The van der Waals surface area contributed by atoms with Crippen LogP contribution in [-0.4, -0.2) is 22.0 Å². The molecule has 7 rings (SSSR count). The van der Waals surface area contributed by atoms with Gasteiger partial charge in [0.2, 0.25) is 11.8 Å². The Bertz CT molecular complexity index is 1400. The molecule has 3 fully saturated rings. The number of nitrogens with one attached hydrogen (secondary N) is 1. The minimum Gasteiger partial charge on any atom is -0.332 e. The highest BCUT2D eigenvalue weighted by Gasteiger charge is 2.69. The van der Waals surface area contributed by atoms with E-state index < -0.39 is 5.82 Å². The molecule has 4 nitrogen and oxygen atoms in total. The summed E-state index contributed by atoms with van der Waals surface area (Å²) < 4.78 is 27.9. The average Bonchev–Trinajstić information content (AvgIpc) is 3.54. The number of anilines is 1. The molecule has 2 aliphatic heterocycles. The van der Waals surface area contributed by atoms with Crippen LogP contribution in [0.1, 0.15) is 22.8 Å². The van der Waals surface area contributed by atoms with Crippen LogP contribution in [0, 0.1) is 45.2 Å². The van der Waals surface area contributed by atoms with Crippen molar-refractivity contribution in [3.63, 3.8) is 0 Å². The Hall–Kier alpha value is -2.36. The van der Waals surface area contributed by atoms with E-state index in [0.717, 1.165) is 21.9 Å².